The second-order valence-corrected chi connectivity index (χ2v) is 8.52. The van der Waals surface area contributed by atoms with Gasteiger partial charge in [-0.25, -0.2) is 10.2 Å². The number of hydrogen-bond donors (Lipinski definition) is 2. The van der Waals surface area contributed by atoms with Crippen LogP contribution in [0.1, 0.15) is 43.8 Å². The van der Waals surface area contributed by atoms with Crippen LogP contribution < -0.4 is 25.0 Å². The van der Waals surface area contributed by atoms with Crippen molar-refractivity contribution >= 4 is 41.3 Å². The molecule has 3 aromatic carbocycles. The van der Waals surface area contributed by atoms with Gasteiger partial charge in [0.2, 0.25) is 5.76 Å². The van der Waals surface area contributed by atoms with Crippen LogP contribution in [0.2, 0.25) is 5.02 Å². The molecule has 0 aliphatic rings. The highest BCUT2D eigenvalue weighted by Crippen LogP contribution is 2.29. The van der Waals surface area contributed by atoms with Gasteiger partial charge in [0.15, 0.2) is 11.5 Å². The summed E-state index contributed by atoms with van der Waals surface area (Å²) in [6, 6.07) is 18.9. The topological polar surface area (TPSA) is 128 Å². The molecule has 0 aliphatic carbocycles. The number of nitrogens with zero attached hydrogens (tertiary/aromatic N) is 1. The zero-order valence-corrected chi connectivity index (χ0v) is 22.2. The van der Waals surface area contributed by atoms with Gasteiger partial charge < -0.3 is 23.9 Å². The van der Waals surface area contributed by atoms with E-state index in [1.807, 2.05) is 0 Å². The van der Waals surface area contributed by atoms with Crippen LogP contribution >= 0.6 is 11.6 Å². The largest absolute Gasteiger partial charge is 0.496 e. The molecule has 1 aromatic heterocycles. The Balaban J connectivity index is 1.41. The molecule has 10 nitrogen and oxygen atoms in total. The number of halogens is 1. The van der Waals surface area contributed by atoms with E-state index in [2.05, 4.69) is 15.8 Å². The Labute approximate surface area is 234 Å². The maximum atomic E-state index is 12.8. The zero-order chi connectivity index (χ0) is 28.5. The third-order valence-corrected chi connectivity index (χ3v) is 5.60. The molecular weight excluding hydrogens is 538 g/mol. The molecule has 0 aliphatic heterocycles. The fourth-order valence-electron chi connectivity index (χ4n) is 3.53. The fourth-order valence-corrected chi connectivity index (χ4v) is 3.70. The second-order valence-electron chi connectivity index (χ2n) is 8.08. The van der Waals surface area contributed by atoms with E-state index in [1.54, 1.807) is 61.5 Å². The Morgan fingerprint density at radius 3 is 2.52 bits per heavy atom. The van der Waals surface area contributed by atoms with Crippen LogP contribution in [-0.2, 0) is 0 Å². The second kappa shape index (κ2) is 13.1. The van der Waals surface area contributed by atoms with Gasteiger partial charge in [-0.2, -0.15) is 5.10 Å². The van der Waals surface area contributed by atoms with E-state index in [1.165, 1.54) is 37.8 Å². The Morgan fingerprint density at radius 1 is 0.950 bits per heavy atom. The lowest BCUT2D eigenvalue weighted by atomic mass is 10.1. The third-order valence-electron chi connectivity index (χ3n) is 5.36. The normalized spacial score (nSPS) is 10.7. The summed E-state index contributed by atoms with van der Waals surface area (Å²) in [5, 5.41) is 7.12. The first-order valence-electron chi connectivity index (χ1n) is 12.0. The Morgan fingerprint density at radius 2 is 1.77 bits per heavy atom. The molecule has 0 unspecified atom stereocenters. The number of hydrazone groups is 1. The number of hydrogen-bond acceptors (Lipinski definition) is 8. The van der Waals surface area contributed by atoms with E-state index in [4.69, 9.17) is 30.2 Å². The minimum absolute atomic E-state index is 0.0589. The molecule has 2 N–H and O–H groups in total. The van der Waals surface area contributed by atoms with Gasteiger partial charge in [0, 0.05) is 16.3 Å². The van der Waals surface area contributed by atoms with Crippen LogP contribution in [0, 0.1) is 0 Å². The molecule has 0 fully saturated rings. The predicted octanol–water partition coefficient (Wildman–Crippen LogP) is 5.58. The highest BCUT2D eigenvalue weighted by molar-refractivity contribution is 6.31. The molecular formula is C29H24ClN3O7. The smallest absolute Gasteiger partial charge is 0.379 e. The lowest BCUT2D eigenvalue weighted by molar-refractivity contribution is 0.0694. The number of esters is 1. The SMILES string of the molecule is CCOc1cc(C=NNC(=O)c2cccc(NC(=O)c3cc(Cl)ccc3OC)c2)ccc1OC(=O)c1ccco1. The van der Waals surface area contributed by atoms with E-state index >= 15 is 0 Å². The van der Waals surface area contributed by atoms with Crippen molar-refractivity contribution in [3.63, 3.8) is 0 Å². The number of ether oxygens (including phenoxy) is 3. The number of carbonyl (C=O) groups is 3. The van der Waals surface area contributed by atoms with E-state index < -0.39 is 17.8 Å². The van der Waals surface area contributed by atoms with Crippen molar-refractivity contribution in [2.24, 2.45) is 5.10 Å². The summed E-state index contributed by atoms with van der Waals surface area (Å²) < 4.78 is 21.2. The molecule has 0 radical (unpaired) electrons. The summed E-state index contributed by atoms with van der Waals surface area (Å²) in [6.07, 6.45) is 2.79. The van der Waals surface area contributed by atoms with Gasteiger partial charge in [-0.05, 0) is 79.2 Å². The molecule has 204 valence electrons. The van der Waals surface area contributed by atoms with E-state index in [0.717, 1.165) is 0 Å². The predicted molar refractivity (Wildman–Crippen MR) is 149 cm³/mol. The summed E-state index contributed by atoms with van der Waals surface area (Å²) in [6.45, 7) is 2.13. The van der Waals surface area contributed by atoms with Crippen molar-refractivity contribution in [1.82, 2.24) is 5.43 Å². The van der Waals surface area contributed by atoms with Crippen LogP contribution in [-0.4, -0.2) is 37.7 Å². The zero-order valence-electron chi connectivity index (χ0n) is 21.5. The van der Waals surface area contributed by atoms with Crippen molar-refractivity contribution in [1.29, 1.82) is 0 Å². The minimum atomic E-state index is -0.662. The summed E-state index contributed by atoms with van der Waals surface area (Å²) in [5.74, 6) is -0.661. The number of furan rings is 1. The summed E-state index contributed by atoms with van der Waals surface area (Å²) in [5.41, 5.74) is 3.94. The molecule has 0 spiro atoms. The van der Waals surface area contributed by atoms with E-state index in [9.17, 15) is 14.4 Å². The summed E-state index contributed by atoms with van der Waals surface area (Å²) >= 11 is 6.02. The van der Waals surface area contributed by atoms with Crippen molar-refractivity contribution in [3.05, 3.63) is 107 Å². The lowest BCUT2D eigenvalue weighted by Crippen LogP contribution is -2.18. The summed E-state index contributed by atoms with van der Waals surface area (Å²) in [7, 11) is 1.45. The van der Waals surface area contributed by atoms with Gasteiger partial charge in [-0.15, -0.1) is 0 Å². The monoisotopic (exact) mass is 561 g/mol. The number of benzene rings is 3. The van der Waals surface area contributed by atoms with E-state index in [-0.39, 0.29) is 22.6 Å². The number of methoxy groups -OCH3 is 1. The number of carbonyl (C=O) groups excluding carboxylic acids is 3. The highest BCUT2D eigenvalue weighted by Gasteiger charge is 2.16. The van der Waals surface area contributed by atoms with Crippen molar-refractivity contribution in [2.45, 2.75) is 6.92 Å². The van der Waals surface area contributed by atoms with Gasteiger partial charge in [0.25, 0.3) is 11.8 Å². The quantitative estimate of drug-likeness (QED) is 0.112. The molecule has 40 heavy (non-hydrogen) atoms. The number of anilines is 1. The molecule has 11 heteroatoms. The van der Waals surface area contributed by atoms with Crippen molar-refractivity contribution in [2.75, 3.05) is 19.0 Å². The van der Waals surface area contributed by atoms with Crippen molar-refractivity contribution in [3.8, 4) is 17.2 Å². The van der Waals surface area contributed by atoms with Gasteiger partial charge in [0.05, 0.1) is 31.8 Å². The first kappa shape index (κ1) is 27.9. The number of nitrogens with one attached hydrogen (secondary N) is 2. The highest BCUT2D eigenvalue weighted by atomic mass is 35.5. The van der Waals surface area contributed by atoms with Gasteiger partial charge in [0.1, 0.15) is 5.75 Å². The third kappa shape index (κ3) is 7.06. The minimum Gasteiger partial charge on any atom is -0.496 e. The maximum Gasteiger partial charge on any atom is 0.379 e. The fraction of sp³-hybridized carbons (Fsp3) is 0.103. The first-order chi connectivity index (χ1) is 19.4. The van der Waals surface area contributed by atoms with Crippen LogP contribution in [0.3, 0.4) is 0 Å². The average molecular weight is 562 g/mol. The Bertz CT molecular complexity index is 1550. The first-order valence-corrected chi connectivity index (χ1v) is 12.4. The molecule has 0 atom stereocenters. The van der Waals surface area contributed by atoms with Crippen LogP contribution in [0.5, 0.6) is 17.2 Å². The van der Waals surface area contributed by atoms with E-state index in [0.29, 0.717) is 34.4 Å². The molecule has 2 amide bonds. The lowest BCUT2D eigenvalue weighted by Gasteiger charge is -2.11. The van der Waals surface area contributed by atoms with Crippen LogP contribution in [0.25, 0.3) is 0 Å². The van der Waals surface area contributed by atoms with Crippen LogP contribution in [0.4, 0.5) is 5.69 Å². The number of amides is 2. The molecule has 1 heterocycles. The standard InChI is InChI=1S/C29H24ClN3O7/c1-3-38-26-14-18(9-11-24(26)40-29(36)25-8-5-13-39-25)17-31-33-27(34)19-6-4-7-21(15-19)32-28(35)22-16-20(30)10-12-23(22)37-2/h4-17H,3H2,1-2H3,(H,32,35)(H,33,34). The number of rotatable bonds is 10. The van der Waals surface area contributed by atoms with Crippen LogP contribution in [0.15, 0.2) is 88.6 Å². The molecule has 0 saturated heterocycles. The maximum absolute atomic E-state index is 12.8. The average Bonchev–Trinajstić information content (AvgIpc) is 3.50. The Hall–Kier alpha value is -5.09. The molecule has 0 saturated carbocycles. The van der Waals surface area contributed by atoms with Gasteiger partial charge >= 0.3 is 5.97 Å². The van der Waals surface area contributed by atoms with Gasteiger partial charge in [-0.1, -0.05) is 17.7 Å². The Kier molecular flexibility index (Phi) is 9.16. The van der Waals surface area contributed by atoms with Gasteiger partial charge in [-0.3, -0.25) is 9.59 Å². The van der Waals surface area contributed by atoms with Crippen molar-refractivity contribution < 1.29 is 33.0 Å². The summed E-state index contributed by atoms with van der Waals surface area (Å²) in [4.78, 5) is 37.7. The molecule has 4 aromatic rings. The molecule has 4 rings (SSSR count). The molecule has 0 bridgehead atoms.